The van der Waals surface area contributed by atoms with E-state index in [9.17, 15) is 9.90 Å². The molecule has 0 amide bonds. The molecule has 0 unspecified atom stereocenters. The Labute approximate surface area is 152 Å². The van der Waals surface area contributed by atoms with E-state index >= 15 is 0 Å². The highest BCUT2D eigenvalue weighted by Gasteiger charge is 2.16. The van der Waals surface area contributed by atoms with Crippen LogP contribution in [0.4, 0.5) is 0 Å². The molecule has 5 nitrogen and oxygen atoms in total. The van der Waals surface area contributed by atoms with E-state index < -0.39 is 5.97 Å². The van der Waals surface area contributed by atoms with Gasteiger partial charge in [-0.3, -0.25) is 0 Å². The first-order valence-corrected chi connectivity index (χ1v) is 8.58. The van der Waals surface area contributed by atoms with E-state index in [4.69, 9.17) is 9.47 Å². The van der Waals surface area contributed by atoms with Crippen LogP contribution in [0, 0.1) is 6.92 Å². The molecular formula is C21H21NO4. The average molecular weight is 351 g/mol. The summed E-state index contributed by atoms with van der Waals surface area (Å²) in [5.41, 5.74) is 3.16. The van der Waals surface area contributed by atoms with E-state index in [2.05, 4.69) is 4.98 Å². The quantitative estimate of drug-likeness (QED) is 0.697. The summed E-state index contributed by atoms with van der Waals surface area (Å²) in [6.45, 7) is 6.79. The molecule has 26 heavy (non-hydrogen) atoms. The van der Waals surface area contributed by atoms with E-state index in [1.165, 1.54) is 0 Å². The van der Waals surface area contributed by atoms with Crippen molar-refractivity contribution in [2.75, 3.05) is 13.2 Å². The SMILES string of the molecule is CCOc1ccc(-c2cc(C(=O)O)c3cc(C)ccc3n2)c(OCC)c1. The molecule has 3 aromatic rings. The molecule has 0 fully saturated rings. The van der Waals surface area contributed by atoms with Crippen LogP contribution in [0.1, 0.15) is 29.8 Å². The zero-order chi connectivity index (χ0) is 18.7. The van der Waals surface area contributed by atoms with Crippen molar-refractivity contribution in [3.8, 4) is 22.8 Å². The minimum absolute atomic E-state index is 0.227. The summed E-state index contributed by atoms with van der Waals surface area (Å²) < 4.78 is 11.3. The van der Waals surface area contributed by atoms with Gasteiger partial charge in [-0.1, -0.05) is 11.6 Å². The minimum Gasteiger partial charge on any atom is -0.494 e. The van der Waals surface area contributed by atoms with Gasteiger partial charge in [0.2, 0.25) is 0 Å². The zero-order valence-electron chi connectivity index (χ0n) is 15.1. The summed E-state index contributed by atoms with van der Waals surface area (Å²) in [6.07, 6.45) is 0. The molecule has 0 bridgehead atoms. The Balaban J connectivity index is 2.21. The zero-order valence-corrected chi connectivity index (χ0v) is 15.1. The molecule has 0 atom stereocenters. The molecule has 2 aromatic carbocycles. The minimum atomic E-state index is -0.979. The van der Waals surface area contributed by atoms with Crippen LogP contribution >= 0.6 is 0 Å². The Hall–Kier alpha value is -3.08. The molecule has 1 N–H and O–H groups in total. The van der Waals surface area contributed by atoms with E-state index in [0.717, 1.165) is 11.1 Å². The number of benzene rings is 2. The monoisotopic (exact) mass is 351 g/mol. The van der Waals surface area contributed by atoms with Gasteiger partial charge in [-0.25, -0.2) is 9.78 Å². The molecule has 0 aliphatic carbocycles. The van der Waals surface area contributed by atoms with Gasteiger partial charge >= 0.3 is 5.97 Å². The second kappa shape index (κ2) is 7.44. The van der Waals surface area contributed by atoms with Gasteiger partial charge in [0, 0.05) is 17.0 Å². The predicted molar refractivity (Wildman–Crippen MR) is 101 cm³/mol. The Morgan fingerprint density at radius 2 is 1.81 bits per heavy atom. The number of rotatable bonds is 6. The summed E-state index contributed by atoms with van der Waals surface area (Å²) >= 11 is 0. The number of nitrogens with zero attached hydrogens (tertiary/aromatic N) is 1. The molecule has 0 aliphatic heterocycles. The number of hydrogen-bond donors (Lipinski definition) is 1. The van der Waals surface area contributed by atoms with Crippen molar-refractivity contribution in [2.24, 2.45) is 0 Å². The summed E-state index contributed by atoms with van der Waals surface area (Å²) in [4.78, 5) is 16.4. The second-order valence-corrected chi connectivity index (χ2v) is 5.90. The third kappa shape index (κ3) is 3.47. The molecule has 0 aliphatic rings. The van der Waals surface area contributed by atoms with Crippen molar-refractivity contribution in [3.05, 3.63) is 53.6 Å². The number of fused-ring (bicyclic) bond motifs is 1. The van der Waals surface area contributed by atoms with Crippen LogP contribution in [0.5, 0.6) is 11.5 Å². The van der Waals surface area contributed by atoms with Crippen molar-refractivity contribution >= 4 is 16.9 Å². The highest BCUT2D eigenvalue weighted by Crippen LogP contribution is 2.34. The summed E-state index contributed by atoms with van der Waals surface area (Å²) in [6, 6.07) is 12.7. The lowest BCUT2D eigenvalue weighted by Crippen LogP contribution is -2.02. The first kappa shape index (κ1) is 17.7. The van der Waals surface area contributed by atoms with Gasteiger partial charge in [0.25, 0.3) is 0 Å². The fourth-order valence-corrected chi connectivity index (χ4v) is 2.90. The maximum Gasteiger partial charge on any atom is 0.336 e. The van der Waals surface area contributed by atoms with Crippen LogP contribution in [-0.4, -0.2) is 29.3 Å². The van der Waals surface area contributed by atoms with Crippen molar-refractivity contribution in [1.29, 1.82) is 0 Å². The van der Waals surface area contributed by atoms with Gasteiger partial charge in [-0.2, -0.15) is 0 Å². The summed E-state index contributed by atoms with van der Waals surface area (Å²) in [7, 11) is 0. The third-order valence-corrected chi connectivity index (χ3v) is 4.03. The fourth-order valence-electron chi connectivity index (χ4n) is 2.90. The topological polar surface area (TPSA) is 68.7 Å². The van der Waals surface area contributed by atoms with Gasteiger partial charge in [0.1, 0.15) is 11.5 Å². The van der Waals surface area contributed by atoms with Gasteiger partial charge in [0.05, 0.1) is 30.0 Å². The first-order valence-electron chi connectivity index (χ1n) is 8.58. The molecule has 0 saturated carbocycles. The maximum atomic E-state index is 11.8. The molecule has 3 rings (SSSR count). The number of pyridine rings is 1. The Bertz CT molecular complexity index is 966. The van der Waals surface area contributed by atoms with E-state index in [1.54, 1.807) is 6.07 Å². The van der Waals surface area contributed by atoms with Gasteiger partial charge in [0.15, 0.2) is 0 Å². The highest BCUT2D eigenvalue weighted by molar-refractivity contribution is 6.04. The van der Waals surface area contributed by atoms with Crippen molar-refractivity contribution in [3.63, 3.8) is 0 Å². The average Bonchev–Trinajstić information content (AvgIpc) is 2.61. The highest BCUT2D eigenvalue weighted by atomic mass is 16.5. The largest absolute Gasteiger partial charge is 0.494 e. The Kier molecular flexibility index (Phi) is 5.07. The predicted octanol–water partition coefficient (Wildman–Crippen LogP) is 4.71. The third-order valence-electron chi connectivity index (χ3n) is 4.03. The van der Waals surface area contributed by atoms with Crippen molar-refractivity contribution in [1.82, 2.24) is 4.98 Å². The van der Waals surface area contributed by atoms with E-state index in [-0.39, 0.29) is 5.56 Å². The van der Waals surface area contributed by atoms with Crippen LogP contribution in [0.3, 0.4) is 0 Å². The summed E-state index contributed by atoms with van der Waals surface area (Å²) in [5.74, 6) is 0.344. The van der Waals surface area contributed by atoms with Crippen LogP contribution in [0.15, 0.2) is 42.5 Å². The molecule has 1 aromatic heterocycles. The van der Waals surface area contributed by atoms with E-state index in [0.29, 0.717) is 41.3 Å². The maximum absolute atomic E-state index is 11.8. The lowest BCUT2D eigenvalue weighted by Gasteiger charge is -2.14. The van der Waals surface area contributed by atoms with Crippen LogP contribution in [0.2, 0.25) is 0 Å². The number of hydrogen-bond acceptors (Lipinski definition) is 4. The lowest BCUT2D eigenvalue weighted by molar-refractivity contribution is 0.0699. The van der Waals surface area contributed by atoms with Gasteiger partial charge in [-0.15, -0.1) is 0 Å². The molecule has 5 heteroatoms. The molecule has 0 radical (unpaired) electrons. The molecule has 134 valence electrons. The van der Waals surface area contributed by atoms with Crippen LogP contribution in [0.25, 0.3) is 22.2 Å². The molecule has 1 heterocycles. The normalized spacial score (nSPS) is 10.7. The molecular weight excluding hydrogens is 330 g/mol. The number of ether oxygens (including phenoxy) is 2. The number of carboxylic acid groups (broad SMARTS) is 1. The fraction of sp³-hybridized carbons (Fsp3) is 0.238. The van der Waals surface area contributed by atoms with Gasteiger partial charge in [-0.05, 0) is 51.1 Å². The lowest BCUT2D eigenvalue weighted by atomic mass is 10.0. The standard InChI is InChI=1S/C21H21NO4/c1-4-25-14-7-8-15(20(11-14)26-5-2)19-12-17(21(23)24)16-10-13(3)6-9-18(16)22-19/h6-12H,4-5H2,1-3H3,(H,23,24). The van der Waals surface area contributed by atoms with Crippen molar-refractivity contribution in [2.45, 2.75) is 20.8 Å². The first-order chi connectivity index (χ1) is 12.5. The molecule has 0 spiro atoms. The number of aromatic nitrogens is 1. The summed E-state index contributed by atoms with van der Waals surface area (Å²) in [5, 5.41) is 10.3. The second-order valence-electron chi connectivity index (χ2n) is 5.90. The Morgan fingerprint density at radius 3 is 2.50 bits per heavy atom. The number of aromatic carboxylic acids is 1. The van der Waals surface area contributed by atoms with E-state index in [1.807, 2.05) is 57.2 Å². The number of carboxylic acids is 1. The smallest absolute Gasteiger partial charge is 0.336 e. The van der Waals surface area contributed by atoms with Gasteiger partial charge < -0.3 is 14.6 Å². The number of aryl methyl sites for hydroxylation is 1. The van der Waals surface area contributed by atoms with Crippen LogP contribution in [-0.2, 0) is 0 Å². The Morgan fingerprint density at radius 1 is 1.04 bits per heavy atom. The van der Waals surface area contributed by atoms with Crippen molar-refractivity contribution < 1.29 is 19.4 Å². The molecule has 0 saturated heterocycles. The van der Waals surface area contributed by atoms with Crippen LogP contribution < -0.4 is 9.47 Å². The number of carbonyl (C=O) groups is 1.